The minimum Gasteiger partial charge on any atom is -0.480 e. The predicted octanol–water partition coefficient (Wildman–Crippen LogP) is 5.21. The first-order valence-corrected chi connectivity index (χ1v) is 16.1. The lowest BCUT2D eigenvalue weighted by molar-refractivity contribution is -0.139. The van der Waals surface area contributed by atoms with Crippen LogP contribution in [-0.2, 0) is 14.3 Å². The van der Waals surface area contributed by atoms with Crippen molar-refractivity contribution in [2.45, 2.75) is 56.9 Å². The first-order chi connectivity index (χ1) is 17.2. The number of carboxylic acid groups (broad SMARTS) is 1. The number of carboxylic acids is 1. The number of alkyl carbamates (subject to hydrolysis) is 2. The largest absolute Gasteiger partial charge is 0.480 e. The smallest absolute Gasteiger partial charge is 0.407 e. The van der Waals surface area contributed by atoms with E-state index < -0.39 is 32.3 Å². The zero-order chi connectivity index (χ0) is 26.1. The number of rotatable bonds is 12. The molecule has 0 heterocycles. The molecule has 2 aromatic rings. The second kappa shape index (κ2) is 12.6. The zero-order valence-corrected chi connectivity index (χ0v) is 22.2. The maximum Gasteiger partial charge on any atom is 0.407 e. The van der Waals surface area contributed by atoms with Crippen molar-refractivity contribution in [2.75, 3.05) is 19.8 Å². The summed E-state index contributed by atoms with van der Waals surface area (Å²) in [7, 11) is -1.26. The number of hydrogen-bond donors (Lipinski definition) is 3. The standard InChI is InChI=1S/C27H36N2O6Si/c1-36(2,3)17-16-34-26(32)28-15-9-8-14-24(25(30)31)29-27(33)35-18-23-21-12-6-4-10-19(21)20-11-5-7-13-22(20)23/h4-7,10-13,23-24H,8-9,14-18H2,1-3H3,(H,28,32)(H,29,33)(H,30,31)/t24-/m1/s1. The zero-order valence-electron chi connectivity index (χ0n) is 21.2. The van der Waals surface area contributed by atoms with E-state index in [-0.39, 0.29) is 18.9 Å². The molecule has 0 fully saturated rings. The molecule has 1 aliphatic rings. The van der Waals surface area contributed by atoms with Gasteiger partial charge in [0.15, 0.2) is 0 Å². The Morgan fingerprint density at radius 2 is 1.53 bits per heavy atom. The molecule has 8 nitrogen and oxygen atoms in total. The van der Waals surface area contributed by atoms with Gasteiger partial charge in [-0.15, -0.1) is 0 Å². The molecule has 194 valence electrons. The molecule has 1 aliphatic carbocycles. The van der Waals surface area contributed by atoms with E-state index in [2.05, 4.69) is 42.4 Å². The van der Waals surface area contributed by atoms with E-state index in [4.69, 9.17) is 9.47 Å². The van der Waals surface area contributed by atoms with Gasteiger partial charge in [0.05, 0.1) is 6.61 Å². The fourth-order valence-corrected chi connectivity index (χ4v) is 4.92. The minimum atomic E-state index is -1.26. The van der Waals surface area contributed by atoms with Crippen LogP contribution in [0.1, 0.15) is 36.3 Å². The Balaban J connectivity index is 1.40. The van der Waals surface area contributed by atoms with Gasteiger partial charge in [0, 0.05) is 20.5 Å². The first kappa shape index (κ1) is 27.3. The third-order valence-electron chi connectivity index (χ3n) is 6.21. The van der Waals surface area contributed by atoms with Crippen molar-refractivity contribution < 1.29 is 29.0 Å². The monoisotopic (exact) mass is 512 g/mol. The Morgan fingerprint density at radius 3 is 2.11 bits per heavy atom. The molecule has 0 saturated carbocycles. The van der Waals surface area contributed by atoms with Crippen molar-refractivity contribution in [1.29, 1.82) is 0 Å². The van der Waals surface area contributed by atoms with Crippen molar-refractivity contribution in [3.8, 4) is 11.1 Å². The highest BCUT2D eigenvalue weighted by Crippen LogP contribution is 2.44. The fraction of sp³-hybridized carbons (Fsp3) is 0.444. The molecule has 0 aromatic heterocycles. The van der Waals surface area contributed by atoms with Crippen molar-refractivity contribution >= 4 is 26.2 Å². The number of carbonyl (C=O) groups is 3. The van der Waals surface area contributed by atoms with Crippen LogP contribution >= 0.6 is 0 Å². The molecule has 1 atom stereocenters. The van der Waals surface area contributed by atoms with Gasteiger partial charge in [-0.1, -0.05) is 68.2 Å². The minimum absolute atomic E-state index is 0.0944. The van der Waals surface area contributed by atoms with Crippen LogP contribution in [0.3, 0.4) is 0 Å². The van der Waals surface area contributed by atoms with Crippen LogP contribution < -0.4 is 10.6 Å². The van der Waals surface area contributed by atoms with Crippen LogP contribution in [0.4, 0.5) is 9.59 Å². The SMILES string of the molecule is C[Si](C)(C)CCOC(=O)NCCCC[C@@H](NC(=O)OCC1c2ccccc2-c2ccccc21)C(=O)O. The number of unbranched alkanes of at least 4 members (excludes halogenated alkanes) is 1. The average molecular weight is 513 g/mol. The van der Waals surface area contributed by atoms with Crippen LogP contribution in [-0.4, -0.2) is 57.1 Å². The Hall–Kier alpha value is -3.33. The van der Waals surface area contributed by atoms with Gasteiger partial charge in [0.25, 0.3) is 0 Å². The highest BCUT2D eigenvalue weighted by Gasteiger charge is 2.29. The maximum atomic E-state index is 12.4. The summed E-state index contributed by atoms with van der Waals surface area (Å²) in [5, 5.41) is 14.6. The number of hydrogen-bond acceptors (Lipinski definition) is 5. The topological polar surface area (TPSA) is 114 Å². The molecular weight excluding hydrogens is 476 g/mol. The molecule has 0 bridgehead atoms. The fourth-order valence-electron chi connectivity index (χ4n) is 4.20. The highest BCUT2D eigenvalue weighted by atomic mass is 28.3. The van der Waals surface area contributed by atoms with E-state index in [0.29, 0.717) is 26.0 Å². The summed E-state index contributed by atoms with van der Waals surface area (Å²) in [6.07, 6.45) is 0.0918. The van der Waals surface area contributed by atoms with Gasteiger partial charge in [-0.3, -0.25) is 0 Å². The third kappa shape index (κ3) is 7.84. The van der Waals surface area contributed by atoms with Crippen LogP contribution in [0.25, 0.3) is 11.1 Å². The van der Waals surface area contributed by atoms with Crippen LogP contribution in [0.5, 0.6) is 0 Å². The van der Waals surface area contributed by atoms with Crippen molar-refractivity contribution in [3.63, 3.8) is 0 Å². The van der Waals surface area contributed by atoms with Crippen LogP contribution in [0.2, 0.25) is 25.7 Å². The summed E-state index contributed by atoms with van der Waals surface area (Å²) < 4.78 is 10.6. The lowest BCUT2D eigenvalue weighted by Gasteiger charge is -2.17. The number of carbonyl (C=O) groups excluding carboxylic acids is 2. The Bertz CT molecular complexity index is 1020. The Morgan fingerprint density at radius 1 is 0.917 bits per heavy atom. The molecule has 0 radical (unpaired) electrons. The van der Waals surface area contributed by atoms with Gasteiger partial charge >= 0.3 is 18.2 Å². The van der Waals surface area contributed by atoms with E-state index in [1.54, 1.807) is 0 Å². The summed E-state index contributed by atoms with van der Waals surface area (Å²) in [4.78, 5) is 35.8. The average Bonchev–Trinajstić information content (AvgIpc) is 3.14. The lowest BCUT2D eigenvalue weighted by Crippen LogP contribution is -2.41. The van der Waals surface area contributed by atoms with E-state index in [1.165, 1.54) is 0 Å². The predicted molar refractivity (Wildman–Crippen MR) is 141 cm³/mol. The number of benzene rings is 2. The van der Waals surface area contributed by atoms with Crippen LogP contribution in [0.15, 0.2) is 48.5 Å². The number of nitrogens with one attached hydrogen (secondary N) is 2. The molecular formula is C27H36N2O6Si. The third-order valence-corrected chi connectivity index (χ3v) is 7.91. The van der Waals surface area contributed by atoms with E-state index in [0.717, 1.165) is 28.3 Å². The summed E-state index contributed by atoms with van der Waals surface area (Å²) >= 11 is 0. The van der Waals surface area contributed by atoms with Crippen molar-refractivity contribution in [3.05, 3.63) is 59.7 Å². The summed E-state index contributed by atoms with van der Waals surface area (Å²) in [5.41, 5.74) is 4.43. The summed E-state index contributed by atoms with van der Waals surface area (Å²) in [6, 6.07) is 15.9. The van der Waals surface area contributed by atoms with Gasteiger partial charge in [-0.05, 0) is 47.6 Å². The van der Waals surface area contributed by atoms with E-state index >= 15 is 0 Å². The molecule has 3 rings (SSSR count). The van der Waals surface area contributed by atoms with Crippen molar-refractivity contribution in [2.24, 2.45) is 0 Å². The summed E-state index contributed by atoms with van der Waals surface area (Å²) in [5.74, 6) is -1.22. The second-order valence-electron chi connectivity index (χ2n) is 10.2. The normalized spacial score (nSPS) is 13.3. The Kier molecular flexibility index (Phi) is 9.52. The van der Waals surface area contributed by atoms with Gasteiger partial charge in [-0.25, -0.2) is 14.4 Å². The van der Waals surface area contributed by atoms with Gasteiger partial charge in [0.2, 0.25) is 0 Å². The molecule has 9 heteroatoms. The summed E-state index contributed by atoms with van der Waals surface area (Å²) in [6.45, 7) is 7.54. The van der Waals surface area contributed by atoms with Crippen molar-refractivity contribution in [1.82, 2.24) is 10.6 Å². The van der Waals surface area contributed by atoms with Gasteiger partial charge in [-0.2, -0.15) is 0 Å². The van der Waals surface area contributed by atoms with Gasteiger partial charge < -0.3 is 25.2 Å². The molecule has 0 aliphatic heterocycles. The molecule has 2 amide bonds. The number of amides is 2. The molecule has 0 saturated heterocycles. The van der Waals surface area contributed by atoms with E-state index in [9.17, 15) is 19.5 Å². The quantitative estimate of drug-likeness (QED) is 0.266. The number of ether oxygens (including phenoxy) is 2. The number of fused-ring (bicyclic) bond motifs is 3. The molecule has 3 N–H and O–H groups in total. The highest BCUT2D eigenvalue weighted by molar-refractivity contribution is 6.76. The lowest BCUT2D eigenvalue weighted by atomic mass is 9.98. The maximum absolute atomic E-state index is 12.4. The van der Waals surface area contributed by atoms with E-state index in [1.807, 2.05) is 36.4 Å². The van der Waals surface area contributed by atoms with Crippen LogP contribution in [0, 0.1) is 0 Å². The Labute approximate surface area is 213 Å². The van der Waals surface area contributed by atoms with Gasteiger partial charge in [0.1, 0.15) is 12.6 Å². The first-order valence-electron chi connectivity index (χ1n) is 12.4. The number of aliphatic carboxylic acids is 1. The second-order valence-corrected chi connectivity index (χ2v) is 15.9. The molecule has 2 aromatic carbocycles. The molecule has 36 heavy (non-hydrogen) atoms. The molecule has 0 unspecified atom stereocenters. The molecule has 0 spiro atoms.